The number of nitrogens with zero attached hydrogens (tertiary/aromatic N) is 3. The second-order valence-corrected chi connectivity index (χ2v) is 7.33. The van der Waals surface area contributed by atoms with E-state index in [-0.39, 0.29) is 29.3 Å². The number of hydrogen-bond donors (Lipinski definition) is 1. The Balaban J connectivity index is 2.12. The van der Waals surface area contributed by atoms with Crippen LogP contribution in [0.5, 0.6) is 0 Å². The van der Waals surface area contributed by atoms with Crippen molar-refractivity contribution in [1.29, 1.82) is 5.41 Å². The zero-order valence-electron chi connectivity index (χ0n) is 16.2. The standard InChI is InChI=1S/C21H24N4O3/c1-3-28-21(27)15-12-16-19(25(17(15)22)14-9-5-4-6-10-14)23-18-13(2)8-7-11-24(18)20(16)26/h7-8,11-12,14,22H,3-6,9-10H2,1-2H3. The number of esters is 1. The SMILES string of the molecule is CCOC(=O)c1cc2c(=O)n3cccc(C)c3nc2n(C2CCCCC2)c1=N. The van der Waals surface area contributed by atoms with Gasteiger partial charge in [0.15, 0.2) is 0 Å². The van der Waals surface area contributed by atoms with Crippen LogP contribution >= 0.6 is 0 Å². The maximum Gasteiger partial charge on any atom is 0.341 e. The minimum atomic E-state index is -0.576. The van der Waals surface area contributed by atoms with Gasteiger partial charge in [0.2, 0.25) is 0 Å². The van der Waals surface area contributed by atoms with Crippen LogP contribution in [0, 0.1) is 12.3 Å². The molecule has 0 radical (unpaired) electrons. The molecule has 146 valence electrons. The first-order valence-electron chi connectivity index (χ1n) is 9.82. The normalized spacial score (nSPS) is 15.2. The first kappa shape index (κ1) is 18.4. The van der Waals surface area contributed by atoms with Gasteiger partial charge >= 0.3 is 5.97 Å². The van der Waals surface area contributed by atoms with Crippen molar-refractivity contribution in [3.63, 3.8) is 0 Å². The summed E-state index contributed by atoms with van der Waals surface area (Å²) in [5.41, 5.74) is 1.89. The van der Waals surface area contributed by atoms with Gasteiger partial charge in [-0.15, -0.1) is 0 Å². The highest BCUT2D eigenvalue weighted by Crippen LogP contribution is 2.29. The topological polar surface area (TPSA) is 89.4 Å². The fourth-order valence-electron chi connectivity index (χ4n) is 4.12. The lowest BCUT2D eigenvalue weighted by Crippen LogP contribution is -2.34. The third-order valence-corrected chi connectivity index (χ3v) is 5.51. The van der Waals surface area contributed by atoms with E-state index in [9.17, 15) is 9.59 Å². The van der Waals surface area contributed by atoms with E-state index in [1.807, 2.05) is 13.0 Å². The Hall–Kier alpha value is -2.96. The van der Waals surface area contributed by atoms with Crippen molar-refractivity contribution in [1.82, 2.24) is 14.0 Å². The van der Waals surface area contributed by atoms with Crippen LogP contribution in [0.25, 0.3) is 16.7 Å². The lowest BCUT2D eigenvalue weighted by molar-refractivity contribution is 0.0522. The number of nitrogens with one attached hydrogen (secondary N) is 1. The molecule has 0 bridgehead atoms. The Bertz CT molecular complexity index is 1190. The average molecular weight is 380 g/mol. The number of carbonyl (C=O) groups is 1. The van der Waals surface area contributed by atoms with E-state index >= 15 is 0 Å². The van der Waals surface area contributed by atoms with Gasteiger partial charge < -0.3 is 9.30 Å². The molecule has 28 heavy (non-hydrogen) atoms. The van der Waals surface area contributed by atoms with Crippen molar-refractivity contribution in [2.75, 3.05) is 6.61 Å². The van der Waals surface area contributed by atoms with Crippen molar-refractivity contribution in [3.05, 3.63) is 51.4 Å². The van der Waals surface area contributed by atoms with Gasteiger partial charge in [0, 0.05) is 12.2 Å². The van der Waals surface area contributed by atoms with Crippen LogP contribution < -0.4 is 11.0 Å². The summed E-state index contributed by atoms with van der Waals surface area (Å²) in [6, 6.07) is 5.24. The van der Waals surface area contributed by atoms with E-state index in [1.165, 1.54) is 10.5 Å². The Labute approximate surface area is 162 Å². The summed E-state index contributed by atoms with van der Waals surface area (Å²) in [5.74, 6) is -0.576. The molecule has 1 aliphatic carbocycles. The van der Waals surface area contributed by atoms with Gasteiger partial charge in [-0.05, 0) is 44.4 Å². The van der Waals surface area contributed by atoms with Crippen LogP contribution in [0.1, 0.15) is 61.0 Å². The molecule has 0 spiro atoms. The van der Waals surface area contributed by atoms with E-state index in [2.05, 4.69) is 0 Å². The zero-order valence-corrected chi connectivity index (χ0v) is 16.2. The van der Waals surface area contributed by atoms with Crippen molar-refractivity contribution in [3.8, 4) is 0 Å². The monoisotopic (exact) mass is 380 g/mol. The molecular weight excluding hydrogens is 356 g/mol. The Morgan fingerprint density at radius 3 is 2.75 bits per heavy atom. The Kier molecular flexibility index (Phi) is 4.75. The van der Waals surface area contributed by atoms with Crippen molar-refractivity contribution in [2.45, 2.75) is 52.0 Å². The van der Waals surface area contributed by atoms with Crippen LogP contribution in [0.4, 0.5) is 0 Å². The van der Waals surface area contributed by atoms with Gasteiger partial charge in [-0.1, -0.05) is 25.3 Å². The van der Waals surface area contributed by atoms with Gasteiger partial charge in [0.1, 0.15) is 22.3 Å². The van der Waals surface area contributed by atoms with Gasteiger partial charge in [-0.25, -0.2) is 9.78 Å². The van der Waals surface area contributed by atoms with Crippen LogP contribution in [-0.4, -0.2) is 26.5 Å². The highest BCUT2D eigenvalue weighted by atomic mass is 16.5. The summed E-state index contributed by atoms with van der Waals surface area (Å²) < 4.78 is 8.43. The summed E-state index contributed by atoms with van der Waals surface area (Å²) in [6.45, 7) is 3.85. The molecule has 0 aromatic carbocycles. The average Bonchev–Trinajstić information content (AvgIpc) is 2.69. The molecule has 4 rings (SSSR count). The summed E-state index contributed by atoms with van der Waals surface area (Å²) in [5, 5.41) is 9.06. The van der Waals surface area contributed by atoms with Gasteiger partial charge in [-0.3, -0.25) is 14.6 Å². The number of aryl methyl sites for hydroxylation is 1. The molecule has 0 atom stereocenters. The molecule has 7 heteroatoms. The molecule has 0 unspecified atom stereocenters. The minimum Gasteiger partial charge on any atom is -0.462 e. The van der Waals surface area contributed by atoms with Crippen molar-refractivity contribution >= 4 is 22.6 Å². The van der Waals surface area contributed by atoms with Crippen LogP contribution in [0.3, 0.4) is 0 Å². The van der Waals surface area contributed by atoms with Gasteiger partial charge in [0.25, 0.3) is 5.56 Å². The highest BCUT2D eigenvalue weighted by molar-refractivity contribution is 5.93. The fraction of sp³-hybridized carbons (Fsp3) is 0.429. The molecule has 3 aromatic heterocycles. The fourth-order valence-corrected chi connectivity index (χ4v) is 4.12. The van der Waals surface area contributed by atoms with Crippen molar-refractivity contribution < 1.29 is 9.53 Å². The number of hydrogen-bond acceptors (Lipinski definition) is 5. The maximum absolute atomic E-state index is 13.2. The maximum atomic E-state index is 13.2. The second-order valence-electron chi connectivity index (χ2n) is 7.33. The highest BCUT2D eigenvalue weighted by Gasteiger charge is 2.24. The number of rotatable bonds is 3. The smallest absolute Gasteiger partial charge is 0.341 e. The minimum absolute atomic E-state index is 0.0523. The summed E-state index contributed by atoms with van der Waals surface area (Å²) in [4.78, 5) is 30.5. The number of pyridine rings is 2. The van der Waals surface area contributed by atoms with E-state index in [4.69, 9.17) is 15.1 Å². The number of ether oxygens (including phenoxy) is 1. The van der Waals surface area contributed by atoms with Crippen molar-refractivity contribution in [2.24, 2.45) is 0 Å². The third-order valence-electron chi connectivity index (χ3n) is 5.51. The zero-order chi connectivity index (χ0) is 19.8. The van der Waals surface area contributed by atoms with Crippen LogP contribution in [-0.2, 0) is 4.74 Å². The first-order valence-corrected chi connectivity index (χ1v) is 9.82. The van der Waals surface area contributed by atoms with Crippen LogP contribution in [0.2, 0.25) is 0 Å². The number of aromatic nitrogens is 3. The Morgan fingerprint density at radius 2 is 2.04 bits per heavy atom. The summed E-state index contributed by atoms with van der Waals surface area (Å²) in [7, 11) is 0. The van der Waals surface area contributed by atoms with Crippen LogP contribution in [0.15, 0.2) is 29.2 Å². The van der Waals surface area contributed by atoms with E-state index < -0.39 is 5.97 Å². The molecule has 1 N–H and O–H groups in total. The predicted molar refractivity (Wildman–Crippen MR) is 106 cm³/mol. The molecule has 7 nitrogen and oxygen atoms in total. The number of carbonyl (C=O) groups excluding carboxylic acids is 1. The molecule has 1 fully saturated rings. The molecular formula is C21H24N4O3. The lowest BCUT2D eigenvalue weighted by atomic mass is 9.95. The quantitative estimate of drug-likeness (QED) is 0.558. The summed E-state index contributed by atoms with van der Waals surface area (Å²) in [6.07, 6.45) is 6.79. The van der Waals surface area contributed by atoms with Gasteiger partial charge in [0.05, 0.1) is 12.0 Å². The summed E-state index contributed by atoms with van der Waals surface area (Å²) >= 11 is 0. The van der Waals surface area contributed by atoms with E-state index in [0.29, 0.717) is 16.7 Å². The lowest BCUT2D eigenvalue weighted by Gasteiger charge is -2.26. The first-order chi connectivity index (χ1) is 13.5. The Morgan fingerprint density at radius 1 is 1.29 bits per heavy atom. The van der Waals surface area contributed by atoms with Gasteiger partial charge in [-0.2, -0.15) is 0 Å². The predicted octanol–water partition coefficient (Wildman–Crippen LogP) is 3.12. The molecule has 0 amide bonds. The van der Waals surface area contributed by atoms with E-state index in [0.717, 1.165) is 37.7 Å². The molecule has 0 aliphatic heterocycles. The molecule has 1 aliphatic rings. The largest absolute Gasteiger partial charge is 0.462 e. The molecule has 1 saturated carbocycles. The third kappa shape index (κ3) is 2.91. The van der Waals surface area contributed by atoms with E-state index in [1.54, 1.807) is 23.8 Å². The number of fused-ring (bicyclic) bond motifs is 2. The molecule has 3 aromatic rings. The molecule has 0 saturated heterocycles. The molecule has 3 heterocycles. The second kappa shape index (κ2) is 7.22.